The predicted molar refractivity (Wildman–Crippen MR) is 88.5 cm³/mol. The van der Waals surface area contributed by atoms with Gasteiger partial charge in [-0.05, 0) is 24.3 Å². The van der Waals surface area contributed by atoms with Crippen LogP contribution in [0.25, 0.3) is 0 Å². The summed E-state index contributed by atoms with van der Waals surface area (Å²) in [7, 11) is 1.88. The summed E-state index contributed by atoms with van der Waals surface area (Å²) in [5.41, 5.74) is 1.89. The Bertz CT molecular complexity index is 921. The van der Waals surface area contributed by atoms with E-state index in [1.165, 1.54) is 6.07 Å². The van der Waals surface area contributed by atoms with Crippen LogP contribution in [0.4, 0.5) is 15.9 Å². The molecule has 1 aliphatic rings. The average Bonchev–Trinajstić information content (AvgIpc) is 3.00. The van der Waals surface area contributed by atoms with Gasteiger partial charge in [-0.15, -0.1) is 0 Å². The highest BCUT2D eigenvalue weighted by molar-refractivity contribution is 5.92. The van der Waals surface area contributed by atoms with Gasteiger partial charge in [0.15, 0.2) is 5.82 Å². The van der Waals surface area contributed by atoms with Crippen LogP contribution in [0.3, 0.4) is 0 Å². The van der Waals surface area contributed by atoms with Crippen molar-refractivity contribution in [2.24, 2.45) is 12.0 Å². The standard InChI is InChI=1S/C17H14FN5O/c1-22-8-7-16(21-22)23-11-19-10-12-9-13(5-6-14(12)23)24-17-4-2-3-15(18)20-17/h2-10H,11H2,1H3. The van der Waals surface area contributed by atoms with Crippen molar-refractivity contribution in [1.29, 1.82) is 0 Å². The lowest BCUT2D eigenvalue weighted by atomic mass is 10.1. The summed E-state index contributed by atoms with van der Waals surface area (Å²) in [5, 5.41) is 4.42. The monoisotopic (exact) mass is 323 g/mol. The third kappa shape index (κ3) is 2.71. The van der Waals surface area contributed by atoms with Gasteiger partial charge in [0.2, 0.25) is 11.8 Å². The highest BCUT2D eigenvalue weighted by atomic mass is 19.1. The van der Waals surface area contributed by atoms with E-state index in [2.05, 4.69) is 15.1 Å². The fourth-order valence-corrected chi connectivity index (χ4v) is 2.55. The number of pyridine rings is 1. The number of aryl methyl sites for hydroxylation is 1. The van der Waals surface area contributed by atoms with Crippen LogP contribution in [0.1, 0.15) is 5.56 Å². The molecule has 0 aliphatic carbocycles. The maximum Gasteiger partial charge on any atom is 0.221 e. The molecule has 0 N–H and O–H groups in total. The number of rotatable bonds is 3. The largest absolute Gasteiger partial charge is 0.439 e. The molecule has 7 heteroatoms. The first-order chi connectivity index (χ1) is 11.7. The first kappa shape index (κ1) is 14.4. The van der Waals surface area contributed by atoms with Crippen molar-refractivity contribution in [3.05, 3.63) is 60.2 Å². The zero-order chi connectivity index (χ0) is 16.5. The lowest BCUT2D eigenvalue weighted by Gasteiger charge is -2.25. The van der Waals surface area contributed by atoms with Crippen molar-refractivity contribution in [1.82, 2.24) is 14.8 Å². The van der Waals surface area contributed by atoms with Crippen LogP contribution in [0.15, 0.2) is 53.7 Å². The quantitative estimate of drug-likeness (QED) is 0.694. The Morgan fingerprint density at radius 2 is 2.08 bits per heavy atom. The van der Waals surface area contributed by atoms with Crippen LogP contribution in [-0.4, -0.2) is 27.6 Å². The van der Waals surface area contributed by atoms with Crippen molar-refractivity contribution in [3.63, 3.8) is 0 Å². The zero-order valence-corrected chi connectivity index (χ0v) is 12.9. The molecule has 120 valence electrons. The van der Waals surface area contributed by atoms with Crippen molar-refractivity contribution < 1.29 is 9.13 Å². The van der Waals surface area contributed by atoms with E-state index in [-0.39, 0.29) is 5.88 Å². The maximum absolute atomic E-state index is 13.2. The van der Waals surface area contributed by atoms with Gasteiger partial charge >= 0.3 is 0 Å². The third-order valence-corrected chi connectivity index (χ3v) is 3.63. The molecule has 0 radical (unpaired) electrons. The van der Waals surface area contributed by atoms with Gasteiger partial charge in [0, 0.05) is 37.2 Å². The van der Waals surface area contributed by atoms with Crippen molar-refractivity contribution >= 4 is 17.7 Å². The van der Waals surface area contributed by atoms with Crippen LogP contribution in [0.5, 0.6) is 11.6 Å². The molecular weight excluding hydrogens is 309 g/mol. The van der Waals surface area contributed by atoms with Gasteiger partial charge in [0.25, 0.3) is 0 Å². The van der Waals surface area contributed by atoms with Crippen LogP contribution in [-0.2, 0) is 7.05 Å². The van der Waals surface area contributed by atoms with E-state index in [0.717, 1.165) is 17.1 Å². The molecule has 0 bridgehead atoms. The number of hydrogen-bond donors (Lipinski definition) is 0. The molecule has 2 aromatic heterocycles. The van der Waals surface area contributed by atoms with Crippen LogP contribution in [0, 0.1) is 5.95 Å². The number of halogens is 1. The Hall–Kier alpha value is -3.22. The van der Waals surface area contributed by atoms with Gasteiger partial charge in [-0.2, -0.15) is 14.5 Å². The second-order valence-electron chi connectivity index (χ2n) is 5.35. The molecule has 6 nitrogen and oxygen atoms in total. The number of ether oxygens (including phenoxy) is 1. The molecular formula is C17H14FN5O. The molecule has 1 aliphatic heterocycles. The first-order valence-electron chi connectivity index (χ1n) is 7.40. The number of hydrogen-bond acceptors (Lipinski definition) is 5. The lowest BCUT2D eigenvalue weighted by Crippen LogP contribution is -2.22. The summed E-state index contributed by atoms with van der Waals surface area (Å²) < 4.78 is 20.5. The number of aromatic nitrogens is 3. The molecule has 0 spiro atoms. The maximum atomic E-state index is 13.2. The highest BCUT2D eigenvalue weighted by Gasteiger charge is 2.18. The summed E-state index contributed by atoms with van der Waals surface area (Å²) in [6, 6.07) is 12.0. The SMILES string of the molecule is Cn1ccc(N2CN=Cc3cc(Oc4cccc(F)n4)ccc32)n1. The summed E-state index contributed by atoms with van der Waals surface area (Å²) >= 11 is 0. The average molecular weight is 323 g/mol. The number of benzene rings is 1. The van der Waals surface area contributed by atoms with Crippen molar-refractivity contribution in [2.45, 2.75) is 0 Å². The molecule has 0 saturated heterocycles. The van der Waals surface area contributed by atoms with E-state index in [1.54, 1.807) is 23.0 Å². The fraction of sp³-hybridized carbons (Fsp3) is 0.118. The van der Waals surface area contributed by atoms with Gasteiger partial charge in [-0.3, -0.25) is 9.67 Å². The van der Waals surface area contributed by atoms with E-state index < -0.39 is 5.95 Å². The van der Waals surface area contributed by atoms with Crippen molar-refractivity contribution in [2.75, 3.05) is 11.6 Å². The lowest BCUT2D eigenvalue weighted by molar-refractivity contribution is 0.445. The molecule has 24 heavy (non-hydrogen) atoms. The van der Waals surface area contributed by atoms with E-state index in [1.807, 2.05) is 42.4 Å². The van der Waals surface area contributed by atoms with Gasteiger partial charge in [-0.1, -0.05) is 6.07 Å². The number of anilines is 2. The van der Waals surface area contributed by atoms with Gasteiger partial charge in [0.05, 0.1) is 5.69 Å². The minimum atomic E-state index is -0.576. The van der Waals surface area contributed by atoms with Crippen LogP contribution < -0.4 is 9.64 Å². The Morgan fingerprint density at radius 1 is 1.17 bits per heavy atom. The zero-order valence-electron chi connectivity index (χ0n) is 12.9. The second-order valence-corrected chi connectivity index (χ2v) is 5.35. The van der Waals surface area contributed by atoms with Gasteiger partial charge < -0.3 is 9.64 Å². The third-order valence-electron chi connectivity index (χ3n) is 3.63. The minimum Gasteiger partial charge on any atom is -0.439 e. The Morgan fingerprint density at radius 3 is 2.88 bits per heavy atom. The number of aliphatic imine (C=N–C) groups is 1. The normalized spacial score (nSPS) is 13.0. The van der Waals surface area contributed by atoms with E-state index in [9.17, 15) is 4.39 Å². The molecule has 0 unspecified atom stereocenters. The van der Waals surface area contributed by atoms with Crippen LogP contribution in [0.2, 0.25) is 0 Å². The molecule has 3 aromatic rings. The number of fused-ring (bicyclic) bond motifs is 1. The number of nitrogens with zero attached hydrogens (tertiary/aromatic N) is 5. The van der Waals surface area contributed by atoms with Gasteiger partial charge in [0.1, 0.15) is 12.4 Å². The molecule has 1 aromatic carbocycles. The van der Waals surface area contributed by atoms with Gasteiger partial charge in [-0.25, -0.2) is 0 Å². The Balaban J connectivity index is 1.64. The summed E-state index contributed by atoms with van der Waals surface area (Å²) in [6.45, 7) is 0.510. The van der Waals surface area contributed by atoms with E-state index in [4.69, 9.17) is 4.74 Å². The summed E-state index contributed by atoms with van der Waals surface area (Å²) in [6.07, 6.45) is 3.68. The molecule has 0 atom stereocenters. The predicted octanol–water partition coefficient (Wildman–Crippen LogP) is 3.27. The molecule has 0 saturated carbocycles. The molecule has 0 fully saturated rings. The molecule has 4 rings (SSSR count). The minimum absolute atomic E-state index is 0.212. The Labute approximate surface area is 137 Å². The van der Waals surface area contributed by atoms with E-state index in [0.29, 0.717) is 12.4 Å². The molecule has 0 amide bonds. The van der Waals surface area contributed by atoms with E-state index >= 15 is 0 Å². The second kappa shape index (κ2) is 5.77. The summed E-state index contributed by atoms with van der Waals surface area (Å²) in [5.74, 6) is 1.04. The smallest absolute Gasteiger partial charge is 0.221 e. The summed E-state index contributed by atoms with van der Waals surface area (Å²) in [4.78, 5) is 10.1. The van der Waals surface area contributed by atoms with Crippen LogP contribution >= 0.6 is 0 Å². The topological polar surface area (TPSA) is 55.5 Å². The highest BCUT2D eigenvalue weighted by Crippen LogP contribution is 2.32. The molecule has 3 heterocycles. The Kier molecular flexibility index (Phi) is 3.45. The fourth-order valence-electron chi connectivity index (χ4n) is 2.55. The van der Waals surface area contributed by atoms with Crippen molar-refractivity contribution in [3.8, 4) is 11.6 Å². The first-order valence-corrected chi connectivity index (χ1v) is 7.40.